The molecule has 13 nitrogen and oxygen atoms in total. The molecule has 2 aromatic heterocycles. The number of methoxy groups -OCH3 is 1. The lowest BCUT2D eigenvalue weighted by Crippen LogP contribution is -2.64. The van der Waals surface area contributed by atoms with E-state index in [1.807, 2.05) is 4.90 Å². The number of halogens is 3. The molecular weight excluding hydrogens is 768 g/mol. The summed E-state index contributed by atoms with van der Waals surface area (Å²) in [5, 5.41) is 6.02. The van der Waals surface area contributed by atoms with E-state index in [2.05, 4.69) is 36.5 Å². The number of nitrogens with zero attached hydrogens (tertiary/aromatic N) is 7. The monoisotopic (exact) mass is 822 g/mol. The molecule has 4 aromatic rings. The summed E-state index contributed by atoms with van der Waals surface area (Å²) in [5.74, 6) is -1.98. The minimum atomic E-state index is -1.06. The number of H-pyrrole nitrogens is 1. The number of benzene rings is 2. The lowest BCUT2D eigenvalue weighted by Gasteiger charge is -2.49. The van der Waals surface area contributed by atoms with Crippen molar-refractivity contribution in [3.63, 3.8) is 0 Å². The van der Waals surface area contributed by atoms with Crippen LogP contribution in [0.1, 0.15) is 39.5 Å². The number of piperidine rings is 1. The molecule has 0 spiro atoms. The number of anilines is 1. The van der Waals surface area contributed by atoms with E-state index in [0.717, 1.165) is 40.8 Å². The maximum Gasteiger partial charge on any atom is 0.291 e. The summed E-state index contributed by atoms with van der Waals surface area (Å²) in [4.78, 5) is 48.2. The highest BCUT2D eigenvalue weighted by Crippen LogP contribution is 2.33. The zero-order chi connectivity index (χ0) is 41.5. The van der Waals surface area contributed by atoms with Gasteiger partial charge in [0.1, 0.15) is 12.5 Å². The van der Waals surface area contributed by atoms with Gasteiger partial charge in [0.15, 0.2) is 24.0 Å². The molecule has 5 heterocycles. The smallest absolute Gasteiger partial charge is 0.291 e. The fraction of sp³-hybridized carbons (Fsp3) is 0.500. The first-order valence-electron chi connectivity index (χ1n) is 20.0. The lowest BCUT2D eigenvalue weighted by atomic mass is 9.90. The molecule has 58 heavy (non-hydrogen) atoms. The molecule has 0 unspecified atom stereocenters. The molecule has 0 bridgehead atoms. The first kappa shape index (κ1) is 41.5. The first-order chi connectivity index (χ1) is 27.6. The van der Waals surface area contributed by atoms with Gasteiger partial charge >= 0.3 is 0 Å². The van der Waals surface area contributed by atoms with Crippen LogP contribution in [-0.4, -0.2) is 145 Å². The number of imidazole rings is 1. The summed E-state index contributed by atoms with van der Waals surface area (Å²) in [5.41, 5.74) is 2.06. The highest BCUT2D eigenvalue weighted by molar-refractivity contribution is 6.34. The van der Waals surface area contributed by atoms with Gasteiger partial charge in [0, 0.05) is 75.9 Å². The molecular formula is C42H55ClF2N9O4+3. The SMILES string of the molecule is COCC[n+]1cc(-c2ccc(-c3cnc(C(=O)Nc4ccc(C(=O)N5CCN(C(=O)C6CC[N+](C)(CC7C[N+](C)(C)C7)CC6)CC5)c(Cl)c4)n3C)c(F)c2F)c(C)[nH]1. The number of ether oxygens (including phenoxy) is 1. The Bertz CT molecular complexity index is 2200. The number of aryl methyl sites for hydroxylation is 1. The zero-order valence-corrected chi connectivity index (χ0v) is 35.0. The van der Waals surface area contributed by atoms with Gasteiger partial charge in [-0.05, 0) is 31.2 Å². The van der Waals surface area contributed by atoms with Crippen molar-refractivity contribution >= 4 is 35.0 Å². The average molecular weight is 823 g/mol. The van der Waals surface area contributed by atoms with Crippen molar-refractivity contribution < 1.29 is 41.5 Å². The molecule has 3 aliphatic rings. The highest BCUT2D eigenvalue weighted by atomic mass is 35.5. The van der Waals surface area contributed by atoms with Crippen LogP contribution in [0.4, 0.5) is 14.5 Å². The van der Waals surface area contributed by atoms with Crippen LogP contribution in [0.15, 0.2) is 42.7 Å². The molecule has 16 heteroatoms. The fourth-order valence-corrected chi connectivity index (χ4v) is 9.45. The molecule has 3 saturated heterocycles. The van der Waals surface area contributed by atoms with Crippen LogP contribution in [0.2, 0.25) is 5.02 Å². The van der Waals surface area contributed by atoms with Gasteiger partial charge in [-0.25, -0.2) is 13.8 Å². The molecule has 2 N–H and O–H groups in total. The maximum atomic E-state index is 15.6. The van der Waals surface area contributed by atoms with Gasteiger partial charge in [-0.2, -0.15) is 5.10 Å². The van der Waals surface area contributed by atoms with Crippen LogP contribution < -0.4 is 10.00 Å². The number of carbonyl (C=O) groups excluding carboxylic acids is 3. The highest BCUT2D eigenvalue weighted by Gasteiger charge is 2.44. The van der Waals surface area contributed by atoms with Crippen LogP contribution in [0.3, 0.4) is 0 Å². The molecule has 310 valence electrons. The Labute approximate surface area is 343 Å². The minimum Gasteiger partial charge on any atom is -0.378 e. The van der Waals surface area contributed by atoms with E-state index in [0.29, 0.717) is 56.3 Å². The second-order valence-corrected chi connectivity index (χ2v) is 17.6. The number of hydrogen-bond donors (Lipinski definition) is 2. The largest absolute Gasteiger partial charge is 0.378 e. The Balaban J connectivity index is 0.928. The number of quaternary nitrogens is 2. The first-order valence-corrected chi connectivity index (χ1v) is 20.4. The molecule has 0 radical (unpaired) electrons. The van der Waals surface area contributed by atoms with Gasteiger partial charge in [-0.1, -0.05) is 17.7 Å². The van der Waals surface area contributed by atoms with Gasteiger partial charge in [0.25, 0.3) is 11.8 Å². The van der Waals surface area contributed by atoms with Gasteiger partial charge < -0.3 is 33.4 Å². The van der Waals surface area contributed by atoms with Crippen molar-refractivity contribution in [3.8, 4) is 22.4 Å². The molecule has 2 aromatic carbocycles. The summed E-state index contributed by atoms with van der Waals surface area (Å²) in [6.45, 7) is 10.2. The molecule has 0 aliphatic carbocycles. The second-order valence-electron chi connectivity index (χ2n) is 17.2. The Hall–Kier alpha value is -4.70. The minimum absolute atomic E-state index is 0.0341. The third kappa shape index (κ3) is 8.54. The Morgan fingerprint density at radius 2 is 1.64 bits per heavy atom. The number of likely N-dealkylation sites (tertiary alicyclic amines) is 2. The third-order valence-corrected chi connectivity index (χ3v) is 12.6. The molecule has 7 rings (SSSR count). The lowest BCUT2D eigenvalue weighted by molar-refractivity contribution is -0.968. The van der Waals surface area contributed by atoms with E-state index in [4.69, 9.17) is 16.3 Å². The maximum absolute atomic E-state index is 15.6. The van der Waals surface area contributed by atoms with Crippen LogP contribution in [-0.2, 0) is 23.1 Å². The summed E-state index contributed by atoms with van der Waals surface area (Å²) in [6, 6.07) is 7.60. The Kier molecular flexibility index (Phi) is 11.8. The Morgan fingerprint density at radius 3 is 2.29 bits per heavy atom. The molecule has 0 atom stereocenters. The summed E-state index contributed by atoms with van der Waals surface area (Å²) in [7, 11) is 10.0. The number of carbonyl (C=O) groups is 3. The van der Waals surface area contributed by atoms with Crippen LogP contribution in [0.5, 0.6) is 0 Å². The van der Waals surface area contributed by atoms with Gasteiger partial charge in [-0.15, -0.1) is 4.68 Å². The van der Waals surface area contributed by atoms with E-state index >= 15 is 8.78 Å². The number of rotatable bonds is 11. The quantitative estimate of drug-likeness (QED) is 0.173. The number of aromatic amines is 1. The normalized spacial score (nSPS) is 20.9. The number of hydrogen-bond acceptors (Lipinski definition) is 5. The van der Waals surface area contributed by atoms with Crippen molar-refractivity contribution in [2.75, 3.05) is 99.1 Å². The van der Waals surface area contributed by atoms with E-state index < -0.39 is 17.5 Å². The van der Waals surface area contributed by atoms with Crippen molar-refractivity contribution in [1.82, 2.24) is 24.4 Å². The number of amides is 3. The van der Waals surface area contributed by atoms with Gasteiger partial charge in [0.2, 0.25) is 12.1 Å². The summed E-state index contributed by atoms with van der Waals surface area (Å²) >= 11 is 6.60. The Morgan fingerprint density at radius 1 is 0.983 bits per heavy atom. The number of piperazine rings is 1. The van der Waals surface area contributed by atoms with Crippen LogP contribution in [0, 0.1) is 30.4 Å². The molecule has 3 amide bonds. The van der Waals surface area contributed by atoms with Crippen molar-refractivity contribution in [2.24, 2.45) is 18.9 Å². The van der Waals surface area contributed by atoms with Crippen LogP contribution in [0.25, 0.3) is 22.4 Å². The van der Waals surface area contributed by atoms with Crippen molar-refractivity contribution in [3.05, 3.63) is 76.5 Å². The molecule has 3 aliphatic heterocycles. The van der Waals surface area contributed by atoms with Gasteiger partial charge in [0.05, 0.1) is 87.6 Å². The van der Waals surface area contributed by atoms with E-state index in [9.17, 15) is 14.4 Å². The average Bonchev–Trinajstić information content (AvgIpc) is 3.75. The van der Waals surface area contributed by atoms with E-state index in [1.165, 1.54) is 48.6 Å². The van der Waals surface area contributed by atoms with E-state index in [-0.39, 0.29) is 51.0 Å². The summed E-state index contributed by atoms with van der Waals surface area (Å²) < 4.78 is 41.5. The predicted molar refractivity (Wildman–Crippen MR) is 216 cm³/mol. The van der Waals surface area contributed by atoms with E-state index in [1.54, 1.807) is 49.0 Å². The zero-order valence-electron chi connectivity index (χ0n) is 34.3. The third-order valence-electron chi connectivity index (χ3n) is 12.3. The predicted octanol–water partition coefficient (Wildman–Crippen LogP) is 4.36. The van der Waals surface area contributed by atoms with Crippen LogP contribution >= 0.6 is 11.6 Å². The number of nitrogens with one attached hydrogen (secondary N) is 2. The van der Waals surface area contributed by atoms with Crippen molar-refractivity contribution in [2.45, 2.75) is 26.3 Å². The fourth-order valence-electron chi connectivity index (χ4n) is 9.18. The topological polar surface area (TPSA) is 116 Å². The second kappa shape index (κ2) is 16.5. The molecule has 3 fully saturated rings. The van der Waals surface area contributed by atoms with Crippen molar-refractivity contribution in [1.29, 1.82) is 0 Å². The summed E-state index contributed by atoms with van der Waals surface area (Å²) in [6.07, 6.45) is 4.82. The standard InChI is InChI=1S/C42H53ClF2N9O4/c1-27-34(23-52(48-27)17-20-58-6)31-9-10-33(38(45)37(31)44)36-22-46-39(49(36)2)40(55)47-30-7-8-32(35(43)21-30)42(57)51-15-13-50(14-16-51)41(56)29-11-18-54(5,19-12-29)26-28-24-53(3,4)25-28/h7-10,21-23,28-29H,11-20,24-26H2,1-6H3/q+1/p+2. The molecule has 0 saturated carbocycles. The number of aromatic nitrogens is 4. The van der Waals surface area contributed by atoms with Gasteiger partial charge in [-0.3, -0.25) is 14.4 Å².